The predicted molar refractivity (Wildman–Crippen MR) is 85.0 cm³/mol. The summed E-state index contributed by atoms with van der Waals surface area (Å²) in [6, 6.07) is 5.93. The summed E-state index contributed by atoms with van der Waals surface area (Å²) in [7, 11) is 0. The van der Waals surface area contributed by atoms with Gasteiger partial charge in [-0.15, -0.1) is 0 Å². The van der Waals surface area contributed by atoms with Crippen LogP contribution in [0.1, 0.15) is 47.2 Å². The molecule has 112 valence electrons. The molecule has 2 nitrogen and oxygen atoms in total. The maximum atomic E-state index is 13.5. The molecule has 1 heterocycles. The lowest BCUT2D eigenvalue weighted by molar-refractivity contribution is 0.578. The molecule has 1 aromatic carbocycles. The van der Waals surface area contributed by atoms with E-state index in [2.05, 4.69) is 50.1 Å². The highest BCUT2D eigenvalue weighted by Crippen LogP contribution is 2.27. The number of aryl methyl sites for hydroxylation is 3. The lowest BCUT2D eigenvalue weighted by atomic mass is 9.92. The average Bonchev–Trinajstić information content (AvgIpc) is 2.44. The van der Waals surface area contributed by atoms with E-state index in [9.17, 15) is 4.39 Å². The number of pyridine rings is 1. The van der Waals surface area contributed by atoms with Crippen LogP contribution >= 0.6 is 0 Å². The fourth-order valence-corrected chi connectivity index (χ4v) is 2.58. The van der Waals surface area contributed by atoms with Crippen LogP contribution in [0.5, 0.6) is 0 Å². The fraction of sp³-hybridized carbons (Fsp3) is 0.389. The predicted octanol–water partition coefficient (Wildman–Crippen LogP) is 4.23. The maximum absolute atomic E-state index is 13.5. The molecular weight excluding hydrogens is 263 g/mol. The second kappa shape index (κ2) is 6.81. The summed E-state index contributed by atoms with van der Waals surface area (Å²) in [5.74, 6) is -0.294. The van der Waals surface area contributed by atoms with Crippen molar-refractivity contribution in [3.05, 3.63) is 64.2 Å². The Hall–Kier alpha value is -1.74. The third-order valence-electron chi connectivity index (χ3n) is 3.85. The quantitative estimate of drug-likeness (QED) is 0.889. The molecule has 2 aromatic rings. The van der Waals surface area contributed by atoms with Gasteiger partial charge in [0.2, 0.25) is 0 Å². The zero-order chi connectivity index (χ0) is 15.4. The molecule has 1 unspecified atom stereocenters. The van der Waals surface area contributed by atoms with Crippen molar-refractivity contribution in [3.8, 4) is 0 Å². The summed E-state index contributed by atoms with van der Waals surface area (Å²) in [5, 5.41) is 3.51. The number of rotatable bonds is 5. The molecule has 0 aliphatic heterocycles. The number of benzene rings is 1. The van der Waals surface area contributed by atoms with Crippen molar-refractivity contribution >= 4 is 0 Å². The zero-order valence-corrected chi connectivity index (χ0v) is 13.2. The van der Waals surface area contributed by atoms with Gasteiger partial charge in [-0.3, -0.25) is 4.98 Å². The van der Waals surface area contributed by atoms with Gasteiger partial charge in [-0.1, -0.05) is 19.1 Å². The van der Waals surface area contributed by atoms with Crippen LogP contribution in [-0.2, 0) is 0 Å². The first-order valence-corrected chi connectivity index (χ1v) is 7.44. The van der Waals surface area contributed by atoms with Crippen molar-refractivity contribution in [1.82, 2.24) is 10.3 Å². The minimum Gasteiger partial charge on any atom is -0.306 e. The van der Waals surface area contributed by atoms with Crippen molar-refractivity contribution in [3.63, 3.8) is 0 Å². The van der Waals surface area contributed by atoms with Crippen LogP contribution < -0.4 is 5.32 Å². The minimum absolute atomic E-state index is 0.0209. The summed E-state index contributed by atoms with van der Waals surface area (Å²) in [6.45, 7) is 9.34. The van der Waals surface area contributed by atoms with Gasteiger partial charge in [0.15, 0.2) is 0 Å². The van der Waals surface area contributed by atoms with E-state index < -0.39 is 0 Å². The van der Waals surface area contributed by atoms with Crippen LogP contribution in [0.4, 0.5) is 4.39 Å². The van der Waals surface area contributed by atoms with Crippen LogP contribution in [0.15, 0.2) is 30.6 Å². The summed E-state index contributed by atoms with van der Waals surface area (Å²) < 4.78 is 13.5. The van der Waals surface area contributed by atoms with Crippen molar-refractivity contribution in [2.24, 2.45) is 0 Å². The number of nitrogens with zero attached hydrogens (tertiary/aromatic N) is 1. The number of aromatic nitrogens is 1. The van der Waals surface area contributed by atoms with E-state index in [4.69, 9.17) is 0 Å². The van der Waals surface area contributed by atoms with E-state index in [1.54, 1.807) is 12.3 Å². The molecule has 0 saturated heterocycles. The highest BCUT2D eigenvalue weighted by Gasteiger charge is 2.17. The van der Waals surface area contributed by atoms with Crippen LogP contribution in [0, 0.1) is 26.6 Å². The lowest BCUT2D eigenvalue weighted by Crippen LogP contribution is -2.24. The van der Waals surface area contributed by atoms with Gasteiger partial charge >= 0.3 is 0 Å². The first-order valence-electron chi connectivity index (χ1n) is 7.44. The summed E-state index contributed by atoms with van der Waals surface area (Å²) in [5.41, 5.74) is 5.82. The Bertz CT molecular complexity index is 623. The van der Waals surface area contributed by atoms with Gasteiger partial charge in [0.05, 0.1) is 12.2 Å². The van der Waals surface area contributed by atoms with E-state index in [-0.39, 0.29) is 11.9 Å². The molecule has 0 radical (unpaired) electrons. The zero-order valence-electron chi connectivity index (χ0n) is 13.2. The Balaban J connectivity index is 2.47. The highest BCUT2D eigenvalue weighted by atomic mass is 19.1. The van der Waals surface area contributed by atoms with E-state index in [1.807, 2.05) is 0 Å². The summed E-state index contributed by atoms with van der Waals surface area (Å²) >= 11 is 0. The molecule has 1 N–H and O–H groups in total. The van der Waals surface area contributed by atoms with Crippen LogP contribution in [0.2, 0.25) is 0 Å². The second-order valence-electron chi connectivity index (χ2n) is 5.62. The van der Waals surface area contributed by atoms with Crippen LogP contribution in [0.25, 0.3) is 0 Å². The van der Waals surface area contributed by atoms with Gasteiger partial charge in [0, 0.05) is 6.20 Å². The number of hydrogen-bond acceptors (Lipinski definition) is 2. The van der Waals surface area contributed by atoms with Gasteiger partial charge in [-0.25, -0.2) is 4.39 Å². The average molecular weight is 286 g/mol. The molecule has 0 bridgehead atoms. The summed E-state index contributed by atoms with van der Waals surface area (Å²) in [4.78, 5) is 3.99. The Morgan fingerprint density at radius 3 is 2.43 bits per heavy atom. The molecule has 1 aromatic heterocycles. The van der Waals surface area contributed by atoms with Crippen molar-refractivity contribution in [2.75, 3.05) is 6.54 Å². The van der Waals surface area contributed by atoms with Crippen LogP contribution in [0.3, 0.4) is 0 Å². The normalized spacial score (nSPS) is 12.4. The van der Waals surface area contributed by atoms with Crippen molar-refractivity contribution < 1.29 is 4.39 Å². The molecular formula is C18H23FN2. The first kappa shape index (κ1) is 15.6. The molecule has 0 aliphatic rings. The topological polar surface area (TPSA) is 24.9 Å². The minimum atomic E-state index is -0.294. The van der Waals surface area contributed by atoms with Crippen molar-refractivity contribution in [2.45, 2.75) is 40.2 Å². The first-order chi connectivity index (χ1) is 10.0. The SMILES string of the molecule is CCCNC(c1cncc(F)c1)c1cc(C)c(C)cc1C. The van der Waals surface area contributed by atoms with E-state index in [0.717, 1.165) is 18.5 Å². The number of hydrogen-bond donors (Lipinski definition) is 1. The Labute approximate surface area is 126 Å². The van der Waals surface area contributed by atoms with Crippen LogP contribution in [-0.4, -0.2) is 11.5 Å². The Morgan fingerprint density at radius 2 is 1.76 bits per heavy atom. The smallest absolute Gasteiger partial charge is 0.141 e. The molecule has 0 aliphatic carbocycles. The molecule has 0 amide bonds. The molecule has 3 heteroatoms. The Morgan fingerprint density at radius 1 is 1.05 bits per heavy atom. The van der Waals surface area contributed by atoms with Gasteiger partial charge in [-0.05, 0) is 67.6 Å². The number of halogens is 1. The molecule has 21 heavy (non-hydrogen) atoms. The molecule has 2 rings (SSSR count). The third-order valence-corrected chi connectivity index (χ3v) is 3.85. The Kier molecular flexibility index (Phi) is 5.07. The molecule has 0 fully saturated rings. The van der Waals surface area contributed by atoms with Gasteiger partial charge in [0.25, 0.3) is 0 Å². The standard InChI is InChI=1S/C18H23FN2/c1-5-6-21-18(15-9-16(19)11-20-10-15)17-8-13(3)12(2)7-14(17)4/h7-11,18,21H,5-6H2,1-4H3. The fourth-order valence-electron chi connectivity index (χ4n) is 2.58. The summed E-state index contributed by atoms with van der Waals surface area (Å²) in [6.07, 6.45) is 4.02. The van der Waals surface area contributed by atoms with Crippen molar-refractivity contribution in [1.29, 1.82) is 0 Å². The molecule has 0 spiro atoms. The molecule has 1 atom stereocenters. The van der Waals surface area contributed by atoms with Gasteiger partial charge in [0.1, 0.15) is 5.82 Å². The second-order valence-corrected chi connectivity index (χ2v) is 5.62. The third kappa shape index (κ3) is 3.67. The van der Waals surface area contributed by atoms with Gasteiger partial charge < -0.3 is 5.32 Å². The lowest BCUT2D eigenvalue weighted by Gasteiger charge is -2.22. The van der Waals surface area contributed by atoms with Gasteiger partial charge in [-0.2, -0.15) is 0 Å². The van der Waals surface area contributed by atoms with E-state index in [1.165, 1.54) is 28.5 Å². The monoisotopic (exact) mass is 286 g/mol. The largest absolute Gasteiger partial charge is 0.306 e. The number of nitrogens with one attached hydrogen (secondary N) is 1. The van der Waals surface area contributed by atoms with E-state index >= 15 is 0 Å². The molecule has 0 saturated carbocycles. The van der Waals surface area contributed by atoms with E-state index in [0.29, 0.717) is 0 Å². The maximum Gasteiger partial charge on any atom is 0.141 e. The highest BCUT2D eigenvalue weighted by molar-refractivity contribution is 5.42.